The molecule has 2 aliphatic heterocycles. The minimum atomic E-state index is -0.0356. The molecule has 25 heavy (non-hydrogen) atoms. The molecule has 0 aliphatic carbocycles. The highest BCUT2D eigenvalue weighted by Gasteiger charge is 2.25. The summed E-state index contributed by atoms with van der Waals surface area (Å²) in [4.78, 5) is 34.4. The summed E-state index contributed by atoms with van der Waals surface area (Å²) in [5.74, 6) is 0.186. The number of fused-ring (bicyclic) bond motifs is 3. The fourth-order valence-electron chi connectivity index (χ4n) is 3.81. The van der Waals surface area contributed by atoms with Crippen molar-refractivity contribution in [3.63, 3.8) is 0 Å². The highest BCUT2D eigenvalue weighted by molar-refractivity contribution is 5.86. The summed E-state index contributed by atoms with van der Waals surface area (Å²) in [6, 6.07) is 7.66. The lowest BCUT2D eigenvalue weighted by atomic mass is 9.99. The predicted molar refractivity (Wildman–Crippen MR) is 97.6 cm³/mol. The second-order valence-electron chi connectivity index (χ2n) is 7.10. The number of hydrogen-bond acceptors (Lipinski definition) is 4. The minimum Gasteiger partial charge on any atom is -0.337 e. The molecule has 2 aliphatic rings. The molecule has 4 rings (SSSR count). The van der Waals surface area contributed by atoms with Gasteiger partial charge in [-0.25, -0.2) is 0 Å². The monoisotopic (exact) mass is 340 g/mol. The molecule has 6 nitrogen and oxygen atoms in total. The van der Waals surface area contributed by atoms with E-state index in [0.717, 1.165) is 42.8 Å². The first-order valence-electron chi connectivity index (χ1n) is 8.93. The van der Waals surface area contributed by atoms with Crippen LogP contribution in [0.5, 0.6) is 0 Å². The molecule has 0 bridgehead atoms. The number of hydrogen-bond donors (Lipinski definition) is 1. The molecule has 0 unspecified atom stereocenters. The number of carbonyl (C=O) groups is 1. The Morgan fingerprint density at radius 1 is 1.08 bits per heavy atom. The Bertz CT molecular complexity index is 852. The van der Waals surface area contributed by atoms with Gasteiger partial charge < -0.3 is 14.8 Å². The number of aromatic amines is 1. The van der Waals surface area contributed by atoms with E-state index in [1.54, 1.807) is 0 Å². The first kappa shape index (κ1) is 16.3. The Morgan fingerprint density at radius 3 is 2.56 bits per heavy atom. The number of pyridine rings is 1. The number of benzene rings is 1. The van der Waals surface area contributed by atoms with E-state index in [-0.39, 0.29) is 11.5 Å². The molecule has 0 atom stereocenters. The molecule has 6 heteroatoms. The number of nitrogens with zero attached hydrogens (tertiary/aromatic N) is 3. The van der Waals surface area contributed by atoms with Crippen molar-refractivity contribution in [3.8, 4) is 0 Å². The molecule has 1 aromatic heterocycles. The van der Waals surface area contributed by atoms with Crippen LogP contribution in [0, 0.1) is 0 Å². The summed E-state index contributed by atoms with van der Waals surface area (Å²) in [7, 11) is 2.12. The van der Waals surface area contributed by atoms with Gasteiger partial charge >= 0.3 is 0 Å². The Labute approximate surface area is 147 Å². The minimum absolute atomic E-state index is 0.0356. The number of rotatable bonds is 2. The van der Waals surface area contributed by atoms with Gasteiger partial charge in [-0.15, -0.1) is 0 Å². The van der Waals surface area contributed by atoms with Gasteiger partial charge in [-0.05, 0) is 24.1 Å². The first-order valence-corrected chi connectivity index (χ1v) is 8.93. The van der Waals surface area contributed by atoms with Crippen molar-refractivity contribution in [1.29, 1.82) is 0 Å². The SMILES string of the molecule is CN1CCN(CC(=O)N2CCc3[nH]c(=O)c4ccccc4c3C2)CC1. The molecule has 0 spiro atoms. The molecule has 0 radical (unpaired) electrons. The third kappa shape index (κ3) is 3.19. The number of carbonyl (C=O) groups excluding carboxylic acids is 1. The van der Waals surface area contributed by atoms with E-state index in [1.165, 1.54) is 0 Å². The van der Waals surface area contributed by atoms with E-state index >= 15 is 0 Å². The van der Waals surface area contributed by atoms with E-state index in [0.29, 0.717) is 31.4 Å². The number of likely N-dealkylation sites (N-methyl/N-ethyl adjacent to an activating group) is 1. The normalized spacial score (nSPS) is 19.2. The second-order valence-corrected chi connectivity index (χ2v) is 7.10. The number of nitrogens with one attached hydrogen (secondary N) is 1. The zero-order valence-electron chi connectivity index (χ0n) is 14.6. The van der Waals surface area contributed by atoms with Crippen LogP contribution in [-0.4, -0.2) is 71.9 Å². The summed E-state index contributed by atoms with van der Waals surface area (Å²) >= 11 is 0. The lowest BCUT2D eigenvalue weighted by Crippen LogP contribution is -2.49. The molecule has 1 fully saturated rings. The smallest absolute Gasteiger partial charge is 0.256 e. The summed E-state index contributed by atoms with van der Waals surface area (Å²) in [6.45, 7) is 5.67. The fraction of sp³-hybridized carbons (Fsp3) is 0.474. The van der Waals surface area contributed by atoms with Crippen LogP contribution < -0.4 is 5.56 Å². The summed E-state index contributed by atoms with van der Waals surface area (Å²) in [5.41, 5.74) is 2.03. The van der Waals surface area contributed by atoms with Crippen LogP contribution in [0.3, 0.4) is 0 Å². The molecule has 2 aromatic rings. The van der Waals surface area contributed by atoms with Gasteiger partial charge in [0.2, 0.25) is 5.91 Å². The molecular formula is C19H24N4O2. The quantitative estimate of drug-likeness (QED) is 0.873. The standard InChI is InChI=1S/C19H24N4O2/c1-21-8-10-22(11-9-21)13-18(24)23-7-6-17-16(12-23)14-4-2-3-5-15(14)19(25)20-17/h2-5H,6-13H2,1H3,(H,20,25). The van der Waals surface area contributed by atoms with Crippen molar-refractivity contribution in [1.82, 2.24) is 19.7 Å². The van der Waals surface area contributed by atoms with Crippen LogP contribution in [0.4, 0.5) is 0 Å². The average Bonchev–Trinajstić information content (AvgIpc) is 2.63. The Kier molecular flexibility index (Phi) is 4.31. The Hall–Kier alpha value is -2.18. The van der Waals surface area contributed by atoms with Gasteiger partial charge in [-0.3, -0.25) is 14.5 Å². The van der Waals surface area contributed by atoms with Gasteiger partial charge in [0.1, 0.15) is 0 Å². The van der Waals surface area contributed by atoms with E-state index in [9.17, 15) is 9.59 Å². The zero-order chi connectivity index (χ0) is 17.4. The molecule has 1 N–H and O–H groups in total. The van der Waals surface area contributed by atoms with Crippen LogP contribution in [-0.2, 0) is 17.8 Å². The van der Waals surface area contributed by atoms with Crippen LogP contribution in [0.2, 0.25) is 0 Å². The van der Waals surface area contributed by atoms with Gasteiger partial charge in [-0.1, -0.05) is 18.2 Å². The summed E-state index contributed by atoms with van der Waals surface area (Å²) in [6.07, 6.45) is 0.712. The van der Waals surface area contributed by atoms with Crippen LogP contribution in [0.1, 0.15) is 11.3 Å². The van der Waals surface area contributed by atoms with Crippen LogP contribution in [0.25, 0.3) is 10.8 Å². The maximum atomic E-state index is 12.8. The van der Waals surface area contributed by atoms with Crippen molar-refractivity contribution in [2.24, 2.45) is 0 Å². The van der Waals surface area contributed by atoms with Gasteiger partial charge in [0.05, 0.1) is 6.54 Å². The fourth-order valence-corrected chi connectivity index (χ4v) is 3.81. The molecule has 1 amide bonds. The largest absolute Gasteiger partial charge is 0.337 e. The van der Waals surface area contributed by atoms with Crippen molar-refractivity contribution in [2.75, 3.05) is 46.3 Å². The number of piperazine rings is 1. The summed E-state index contributed by atoms with van der Waals surface area (Å²) < 4.78 is 0. The molecule has 3 heterocycles. The lowest BCUT2D eigenvalue weighted by Gasteiger charge is -2.35. The Morgan fingerprint density at radius 2 is 1.80 bits per heavy atom. The van der Waals surface area contributed by atoms with Crippen molar-refractivity contribution in [2.45, 2.75) is 13.0 Å². The lowest BCUT2D eigenvalue weighted by molar-refractivity contribution is -0.133. The number of aromatic nitrogens is 1. The average molecular weight is 340 g/mol. The van der Waals surface area contributed by atoms with Gasteiger partial charge in [0, 0.05) is 56.8 Å². The van der Waals surface area contributed by atoms with E-state index in [1.807, 2.05) is 29.2 Å². The highest BCUT2D eigenvalue weighted by Crippen LogP contribution is 2.24. The maximum absolute atomic E-state index is 12.8. The first-order chi connectivity index (χ1) is 12.1. The molecule has 1 saturated heterocycles. The Balaban J connectivity index is 1.53. The molecule has 132 valence electrons. The van der Waals surface area contributed by atoms with E-state index in [2.05, 4.69) is 21.8 Å². The van der Waals surface area contributed by atoms with Gasteiger partial charge in [0.15, 0.2) is 0 Å². The number of amides is 1. The predicted octanol–water partition coefficient (Wildman–Crippen LogP) is 0.660. The van der Waals surface area contributed by atoms with E-state index < -0.39 is 0 Å². The van der Waals surface area contributed by atoms with Gasteiger partial charge in [-0.2, -0.15) is 0 Å². The van der Waals surface area contributed by atoms with Crippen LogP contribution in [0.15, 0.2) is 29.1 Å². The second kappa shape index (κ2) is 6.61. The van der Waals surface area contributed by atoms with Crippen molar-refractivity contribution in [3.05, 3.63) is 45.9 Å². The maximum Gasteiger partial charge on any atom is 0.256 e. The number of H-pyrrole nitrogens is 1. The third-order valence-electron chi connectivity index (χ3n) is 5.41. The molecule has 0 saturated carbocycles. The topological polar surface area (TPSA) is 59.6 Å². The van der Waals surface area contributed by atoms with Crippen LogP contribution >= 0.6 is 0 Å². The molecule has 1 aromatic carbocycles. The molecular weight excluding hydrogens is 316 g/mol. The highest BCUT2D eigenvalue weighted by atomic mass is 16.2. The third-order valence-corrected chi connectivity index (χ3v) is 5.41. The summed E-state index contributed by atoms with van der Waals surface area (Å²) in [5, 5.41) is 1.67. The van der Waals surface area contributed by atoms with Crippen molar-refractivity contribution < 1.29 is 4.79 Å². The zero-order valence-corrected chi connectivity index (χ0v) is 14.6. The van der Waals surface area contributed by atoms with Gasteiger partial charge in [0.25, 0.3) is 5.56 Å². The van der Waals surface area contributed by atoms with E-state index in [4.69, 9.17) is 0 Å². The van der Waals surface area contributed by atoms with Crippen molar-refractivity contribution >= 4 is 16.7 Å².